The van der Waals surface area contributed by atoms with Gasteiger partial charge >= 0.3 is 0 Å². The van der Waals surface area contributed by atoms with Gasteiger partial charge in [0.25, 0.3) is 0 Å². The average Bonchev–Trinajstić information content (AvgIpc) is 3.17. The van der Waals surface area contributed by atoms with Crippen LogP contribution in [-0.4, -0.2) is 16.3 Å². The second-order valence-corrected chi connectivity index (χ2v) is 5.91. The van der Waals surface area contributed by atoms with Crippen molar-refractivity contribution >= 4 is 0 Å². The van der Waals surface area contributed by atoms with Crippen LogP contribution < -0.4 is 5.73 Å². The van der Waals surface area contributed by atoms with Crippen molar-refractivity contribution in [1.29, 1.82) is 0 Å². The normalized spacial score (nSPS) is 17.2. The third-order valence-corrected chi connectivity index (χ3v) is 4.44. The summed E-state index contributed by atoms with van der Waals surface area (Å²) in [5.74, 6) is -0.0161. The zero-order chi connectivity index (χ0) is 14.7. The zero-order valence-corrected chi connectivity index (χ0v) is 12.2. The molecule has 1 fully saturated rings. The molecule has 112 valence electrons. The van der Waals surface area contributed by atoms with Crippen LogP contribution in [0.25, 0.3) is 0 Å². The Morgan fingerprint density at radius 3 is 2.57 bits per heavy atom. The molecule has 0 amide bonds. The molecule has 1 aromatic heterocycles. The number of rotatable bonds is 5. The Balaban J connectivity index is 1.70. The lowest BCUT2D eigenvalue weighted by molar-refractivity contribution is 0.461. The van der Waals surface area contributed by atoms with Crippen LogP contribution in [0, 0.1) is 5.82 Å². The Hall–Kier alpha value is -1.68. The molecule has 2 aromatic rings. The predicted octanol–water partition coefficient (Wildman–Crippen LogP) is 3.42. The smallest absolute Gasteiger partial charge is 0.123 e. The number of nitrogens with two attached hydrogens (primary N) is 1. The van der Waals surface area contributed by atoms with Crippen molar-refractivity contribution < 1.29 is 4.39 Å². The number of hydrogen-bond acceptors (Lipinski definition) is 2. The van der Waals surface area contributed by atoms with E-state index in [-0.39, 0.29) is 11.7 Å². The van der Waals surface area contributed by atoms with Gasteiger partial charge in [-0.15, -0.1) is 0 Å². The van der Waals surface area contributed by atoms with Crippen molar-refractivity contribution in [2.24, 2.45) is 5.73 Å². The Bertz CT molecular complexity index is 570. The summed E-state index contributed by atoms with van der Waals surface area (Å²) in [5, 5.41) is 4.71. The van der Waals surface area contributed by atoms with E-state index in [1.807, 2.05) is 12.1 Å². The van der Waals surface area contributed by atoms with Crippen LogP contribution in [0.2, 0.25) is 0 Å². The van der Waals surface area contributed by atoms with Crippen molar-refractivity contribution in [2.75, 3.05) is 6.54 Å². The lowest BCUT2D eigenvalue weighted by Crippen LogP contribution is -2.15. The van der Waals surface area contributed by atoms with Crippen LogP contribution >= 0.6 is 0 Å². The summed E-state index contributed by atoms with van der Waals surface area (Å²) in [6.07, 6.45) is 7.98. The lowest BCUT2D eigenvalue weighted by atomic mass is 9.94. The van der Waals surface area contributed by atoms with E-state index in [2.05, 4.69) is 16.9 Å². The third-order valence-electron chi connectivity index (χ3n) is 4.44. The highest BCUT2D eigenvalue weighted by atomic mass is 19.1. The van der Waals surface area contributed by atoms with Gasteiger partial charge < -0.3 is 5.73 Å². The van der Waals surface area contributed by atoms with E-state index >= 15 is 0 Å². The first-order chi connectivity index (χ1) is 10.3. The maximum Gasteiger partial charge on any atom is 0.123 e. The third kappa shape index (κ3) is 3.32. The van der Waals surface area contributed by atoms with Gasteiger partial charge in [-0.2, -0.15) is 5.10 Å². The molecule has 0 saturated heterocycles. The first-order valence-corrected chi connectivity index (χ1v) is 7.76. The molecule has 1 aromatic carbocycles. The highest BCUT2D eigenvalue weighted by molar-refractivity contribution is 5.22. The topological polar surface area (TPSA) is 43.8 Å². The number of hydrogen-bond donors (Lipinski definition) is 1. The van der Waals surface area contributed by atoms with Crippen molar-refractivity contribution in [2.45, 2.75) is 44.1 Å². The number of benzene rings is 1. The van der Waals surface area contributed by atoms with Gasteiger partial charge in [0.15, 0.2) is 0 Å². The van der Waals surface area contributed by atoms with Gasteiger partial charge in [-0.1, -0.05) is 25.0 Å². The Morgan fingerprint density at radius 1 is 1.19 bits per heavy atom. The van der Waals surface area contributed by atoms with Crippen LogP contribution in [0.5, 0.6) is 0 Å². The maximum absolute atomic E-state index is 13.0. The highest BCUT2D eigenvalue weighted by Crippen LogP contribution is 2.29. The molecule has 4 heteroatoms. The second-order valence-electron chi connectivity index (χ2n) is 5.91. The van der Waals surface area contributed by atoms with E-state index in [4.69, 9.17) is 10.8 Å². The summed E-state index contributed by atoms with van der Waals surface area (Å²) >= 11 is 0. The first kappa shape index (κ1) is 14.3. The number of aromatic nitrogens is 2. The minimum Gasteiger partial charge on any atom is -0.330 e. The molecular weight excluding hydrogens is 265 g/mol. The van der Waals surface area contributed by atoms with Gasteiger partial charge in [-0.3, -0.25) is 4.68 Å². The molecule has 1 heterocycles. The van der Waals surface area contributed by atoms with E-state index in [9.17, 15) is 4.39 Å². The standard InChI is InChI=1S/C17H22FN3/c18-15-7-5-13(6-8-15)14(12-19)11-16-9-10-21(20-16)17-3-1-2-4-17/h5-10,14,17H,1-4,11-12,19H2. The summed E-state index contributed by atoms with van der Waals surface area (Å²) in [7, 11) is 0. The molecule has 0 radical (unpaired) electrons. The molecule has 0 aliphatic heterocycles. The van der Waals surface area contributed by atoms with E-state index in [1.54, 1.807) is 0 Å². The molecule has 2 N–H and O–H groups in total. The van der Waals surface area contributed by atoms with Gasteiger partial charge in [-0.25, -0.2) is 4.39 Å². The van der Waals surface area contributed by atoms with Gasteiger partial charge in [0.05, 0.1) is 11.7 Å². The Morgan fingerprint density at radius 2 is 1.90 bits per heavy atom. The highest BCUT2D eigenvalue weighted by Gasteiger charge is 2.18. The largest absolute Gasteiger partial charge is 0.330 e. The fraction of sp³-hybridized carbons (Fsp3) is 0.471. The summed E-state index contributed by atoms with van der Waals surface area (Å²) in [6.45, 7) is 0.544. The molecule has 3 nitrogen and oxygen atoms in total. The van der Waals surface area contributed by atoms with Gasteiger partial charge in [-0.05, 0) is 49.6 Å². The van der Waals surface area contributed by atoms with Crippen molar-refractivity contribution in [3.8, 4) is 0 Å². The fourth-order valence-electron chi connectivity index (χ4n) is 3.18. The molecule has 1 saturated carbocycles. The monoisotopic (exact) mass is 287 g/mol. The fourth-order valence-corrected chi connectivity index (χ4v) is 3.18. The zero-order valence-electron chi connectivity index (χ0n) is 12.2. The minimum atomic E-state index is -0.208. The van der Waals surface area contributed by atoms with Crippen molar-refractivity contribution in [1.82, 2.24) is 9.78 Å². The molecule has 1 atom stereocenters. The van der Waals surface area contributed by atoms with Gasteiger partial charge in [0.2, 0.25) is 0 Å². The number of halogens is 1. The molecule has 0 bridgehead atoms. The Kier molecular flexibility index (Phi) is 4.34. The van der Waals surface area contributed by atoms with E-state index in [0.29, 0.717) is 12.6 Å². The summed E-state index contributed by atoms with van der Waals surface area (Å²) in [4.78, 5) is 0. The molecular formula is C17H22FN3. The van der Waals surface area contributed by atoms with Crippen LogP contribution in [0.4, 0.5) is 4.39 Å². The molecule has 1 aliphatic rings. The SMILES string of the molecule is NCC(Cc1ccn(C2CCCC2)n1)c1ccc(F)cc1. The first-order valence-electron chi connectivity index (χ1n) is 7.76. The van der Waals surface area contributed by atoms with Crippen LogP contribution in [0.15, 0.2) is 36.5 Å². The summed E-state index contributed by atoms with van der Waals surface area (Å²) in [6, 6.07) is 9.29. The minimum absolute atomic E-state index is 0.192. The molecule has 0 spiro atoms. The average molecular weight is 287 g/mol. The van der Waals surface area contributed by atoms with Crippen molar-refractivity contribution in [3.63, 3.8) is 0 Å². The van der Waals surface area contributed by atoms with Crippen LogP contribution in [0.3, 0.4) is 0 Å². The molecule has 3 rings (SSSR count). The quantitative estimate of drug-likeness (QED) is 0.915. The summed E-state index contributed by atoms with van der Waals surface area (Å²) in [5.41, 5.74) is 8.04. The van der Waals surface area contributed by atoms with Crippen molar-refractivity contribution in [3.05, 3.63) is 53.6 Å². The van der Waals surface area contributed by atoms with Gasteiger partial charge in [0.1, 0.15) is 5.82 Å². The Labute approximate surface area is 125 Å². The van der Waals surface area contributed by atoms with Crippen LogP contribution in [0.1, 0.15) is 48.9 Å². The molecule has 1 unspecified atom stereocenters. The van der Waals surface area contributed by atoms with Gasteiger partial charge in [0, 0.05) is 12.1 Å². The van der Waals surface area contributed by atoms with Crippen LogP contribution in [-0.2, 0) is 6.42 Å². The predicted molar refractivity (Wildman–Crippen MR) is 81.6 cm³/mol. The number of nitrogens with zero attached hydrogens (tertiary/aromatic N) is 2. The molecule has 1 aliphatic carbocycles. The summed E-state index contributed by atoms with van der Waals surface area (Å²) < 4.78 is 15.1. The van der Waals surface area contributed by atoms with E-state index in [1.165, 1.54) is 37.8 Å². The lowest BCUT2D eigenvalue weighted by Gasteiger charge is -2.14. The second kappa shape index (κ2) is 6.39. The van der Waals surface area contributed by atoms with E-state index in [0.717, 1.165) is 17.7 Å². The maximum atomic E-state index is 13.0. The van der Waals surface area contributed by atoms with E-state index < -0.39 is 0 Å². The molecule has 21 heavy (non-hydrogen) atoms.